The number of phenolic OH excluding ortho intramolecular Hbond substituents is 1. The van der Waals surface area contributed by atoms with Crippen LogP contribution in [0, 0.1) is 0 Å². The fraction of sp³-hybridized carbons (Fsp3) is 0.211. The highest BCUT2D eigenvalue weighted by Crippen LogP contribution is 2.16. The smallest absolute Gasteiger partial charge is 0.338 e. The second kappa shape index (κ2) is 9.23. The van der Waals surface area contributed by atoms with Crippen molar-refractivity contribution in [1.82, 2.24) is 4.90 Å². The minimum atomic E-state index is -0.697. The third kappa shape index (κ3) is 6.03. The van der Waals surface area contributed by atoms with Gasteiger partial charge in [0.05, 0.1) is 19.2 Å². The number of rotatable bonds is 7. The molecule has 8 nitrogen and oxygen atoms in total. The van der Waals surface area contributed by atoms with Crippen molar-refractivity contribution in [2.75, 3.05) is 32.6 Å². The average molecular weight is 372 g/mol. The summed E-state index contributed by atoms with van der Waals surface area (Å²) in [6, 6.07) is 12.3. The predicted octanol–water partition coefficient (Wildman–Crippen LogP) is 1.65. The van der Waals surface area contributed by atoms with E-state index in [2.05, 4.69) is 5.32 Å². The maximum atomic E-state index is 12.0. The van der Waals surface area contributed by atoms with Gasteiger partial charge in [-0.3, -0.25) is 9.59 Å². The topological polar surface area (TPSA) is 105 Å². The molecule has 2 amide bonds. The minimum absolute atomic E-state index is 0.0180. The Bertz CT molecular complexity index is 819. The maximum absolute atomic E-state index is 12.0. The normalized spacial score (nSPS) is 10.0. The van der Waals surface area contributed by atoms with Gasteiger partial charge in [-0.2, -0.15) is 0 Å². The van der Waals surface area contributed by atoms with Gasteiger partial charge in [0.25, 0.3) is 5.91 Å². The fourth-order valence-electron chi connectivity index (χ4n) is 2.12. The van der Waals surface area contributed by atoms with E-state index < -0.39 is 24.4 Å². The summed E-state index contributed by atoms with van der Waals surface area (Å²) in [5.74, 6) is -1.01. The van der Waals surface area contributed by atoms with Gasteiger partial charge in [0.15, 0.2) is 6.61 Å². The van der Waals surface area contributed by atoms with Crippen LogP contribution in [0.25, 0.3) is 0 Å². The lowest BCUT2D eigenvalue weighted by molar-refractivity contribution is -0.136. The molecule has 0 aromatic heterocycles. The number of nitrogens with one attached hydrogen (secondary N) is 1. The van der Waals surface area contributed by atoms with E-state index >= 15 is 0 Å². The number of esters is 1. The van der Waals surface area contributed by atoms with Crippen LogP contribution in [0.1, 0.15) is 10.4 Å². The van der Waals surface area contributed by atoms with Crippen molar-refractivity contribution in [2.45, 2.75) is 0 Å². The molecule has 142 valence electrons. The van der Waals surface area contributed by atoms with Crippen LogP contribution in [0.3, 0.4) is 0 Å². The molecule has 8 heteroatoms. The predicted molar refractivity (Wildman–Crippen MR) is 97.7 cm³/mol. The van der Waals surface area contributed by atoms with Crippen molar-refractivity contribution in [3.8, 4) is 11.5 Å². The lowest BCUT2D eigenvalue weighted by Gasteiger charge is -2.17. The first-order valence-electron chi connectivity index (χ1n) is 8.03. The lowest BCUT2D eigenvalue weighted by atomic mass is 10.2. The molecule has 2 N–H and O–H groups in total. The fourth-order valence-corrected chi connectivity index (χ4v) is 2.12. The number of carbonyl (C=O) groups is 3. The Labute approximate surface area is 156 Å². The molecule has 0 saturated carbocycles. The van der Waals surface area contributed by atoms with Gasteiger partial charge in [0.2, 0.25) is 5.91 Å². The molecule has 0 spiro atoms. The highest BCUT2D eigenvalue weighted by atomic mass is 16.5. The van der Waals surface area contributed by atoms with Gasteiger partial charge in [0, 0.05) is 18.8 Å². The molecule has 2 aromatic rings. The van der Waals surface area contributed by atoms with Crippen molar-refractivity contribution in [2.24, 2.45) is 0 Å². The first-order chi connectivity index (χ1) is 12.9. The van der Waals surface area contributed by atoms with Crippen LogP contribution in [0.4, 0.5) is 5.69 Å². The Morgan fingerprint density at radius 3 is 2.48 bits per heavy atom. The van der Waals surface area contributed by atoms with E-state index in [-0.39, 0.29) is 17.9 Å². The van der Waals surface area contributed by atoms with E-state index in [1.165, 1.54) is 38.4 Å². The molecule has 0 atom stereocenters. The van der Waals surface area contributed by atoms with Crippen molar-refractivity contribution >= 4 is 23.5 Å². The van der Waals surface area contributed by atoms with Crippen molar-refractivity contribution < 1.29 is 29.0 Å². The summed E-state index contributed by atoms with van der Waals surface area (Å²) < 4.78 is 10.00. The number of likely N-dealkylation sites (N-methyl/N-ethyl adjacent to an activating group) is 1. The van der Waals surface area contributed by atoms with Crippen LogP contribution in [-0.4, -0.2) is 55.1 Å². The van der Waals surface area contributed by atoms with Gasteiger partial charge in [0.1, 0.15) is 11.5 Å². The second-order valence-corrected chi connectivity index (χ2v) is 5.65. The van der Waals surface area contributed by atoms with Crippen molar-refractivity contribution in [1.29, 1.82) is 0 Å². The van der Waals surface area contributed by atoms with Crippen LogP contribution in [0.2, 0.25) is 0 Å². The Balaban J connectivity index is 1.81. The molecule has 0 aliphatic rings. The number of carbonyl (C=O) groups excluding carboxylic acids is 3. The molecule has 0 fully saturated rings. The molecule has 0 bridgehead atoms. The standard InChI is InChI=1S/C19H20N2O6/c1-21(11-17(23)20-14-4-3-5-16(10-14)26-2)18(24)12-27-19(25)13-6-8-15(22)9-7-13/h3-10,22H,11-12H2,1-2H3,(H,20,23). The van der Waals surface area contributed by atoms with Gasteiger partial charge < -0.3 is 24.8 Å². The highest BCUT2D eigenvalue weighted by Gasteiger charge is 2.16. The molecular formula is C19H20N2O6. The van der Waals surface area contributed by atoms with Gasteiger partial charge in [-0.1, -0.05) is 6.07 Å². The average Bonchev–Trinajstić information content (AvgIpc) is 2.66. The zero-order valence-electron chi connectivity index (χ0n) is 15.0. The first kappa shape index (κ1) is 19.8. The number of nitrogens with zero attached hydrogens (tertiary/aromatic N) is 1. The van der Waals surface area contributed by atoms with Gasteiger partial charge in [-0.05, 0) is 36.4 Å². The zero-order chi connectivity index (χ0) is 19.8. The van der Waals surface area contributed by atoms with Crippen LogP contribution in [-0.2, 0) is 14.3 Å². The summed E-state index contributed by atoms with van der Waals surface area (Å²) >= 11 is 0. The number of hydrogen-bond donors (Lipinski definition) is 2. The van der Waals surface area contributed by atoms with Crippen molar-refractivity contribution in [3.05, 3.63) is 54.1 Å². The molecule has 0 radical (unpaired) electrons. The van der Waals surface area contributed by atoms with Gasteiger partial charge >= 0.3 is 5.97 Å². The number of ether oxygens (including phenoxy) is 2. The summed E-state index contributed by atoms with van der Waals surface area (Å²) in [5.41, 5.74) is 0.748. The Morgan fingerprint density at radius 2 is 1.81 bits per heavy atom. The number of anilines is 1. The molecule has 0 aliphatic heterocycles. The highest BCUT2D eigenvalue weighted by molar-refractivity contribution is 5.95. The molecular weight excluding hydrogens is 352 g/mol. The number of amides is 2. The summed E-state index contributed by atoms with van der Waals surface area (Å²) in [6.07, 6.45) is 0. The van der Waals surface area contributed by atoms with E-state index in [9.17, 15) is 19.5 Å². The van der Waals surface area contributed by atoms with Crippen LogP contribution in [0.5, 0.6) is 11.5 Å². The number of methoxy groups -OCH3 is 1. The lowest BCUT2D eigenvalue weighted by Crippen LogP contribution is -2.37. The Morgan fingerprint density at radius 1 is 1.11 bits per heavy atom. The number of phenols is 1. The van der Waals surface area contributed by atoms with Crippen LogP contribution < -0.4 is 10.1 Å². The molecule has 2 aromatic carbocycles. The quantitative estimate of drug-likeness (QED) is 0.716. The third-order valence-electron chi connectivity index (χ3n) is 3.59. The maximum Gasteiger partial charge on any atom is 0.338 e. The SMILES string of the molecule is COc1cccc(NC(=O)CN(C)C(=O)COC(=O)c2ccc(O)cc2)c1. The first-order valence-corrected chi connectivity index (χ1v) is 8.03. The van der Waals surface area contributed by atoms with Crippen LogP contribution >= 0.6 is 0 Å². The summed E-state index contributed by atoms with van der Waals surface area (Å²) in [4.78, 5) is 37.1. The molecule has 0 unspecified atom stereocenters. The summed E-state index contributed by atoms with van der Waals surface area (Å²) in [6.45, 7) is -0.699. The summed E-state index contributed by atoms with van der Waals surface area (Å²) in [7, 11) is 2.95. The second-order valence-electron chi connectivity index (χ2n) is 5.65. The minimum Gasteiger partial charge on any atom is -0.508 e. The van der Waals surface area contributed by atoms with E-state index in [0.29, 0.717) is 11.4 Å². The molecule has 2 rings (SSSR count). The number of hydrogen-bond acceptors (Lipinski definition) is 6. The largest absolute Gasteiger partial charge is 0.508 e. The Hall–Kier alpha value is -3.55. The third-order valence-corrected chi connectivity index (χ3v) is 3.59. The molecule has 0 aliphatic carbocycles. The molecule has 0 heterocycles. The number of benzene rings is 2. The zero-order valence-corrected chi connectivity index (χ0v) is 15.0. The van der Waals surface area contributed by atoms with E-state index in [0.717, 1.165) is 4.90 Å². The summed E-state index contributed by atoms with van der Waals surface area (Å²) in [5, 5.41) is 11.8. The van der Waals surface area contributed by atoms with E-state index in [4.69, 9.17) is 9.47 Å². The van der Waals surface area contributed by atoms with Crippen molar-refractivity contribution in [3.63, 3.8) is 0 Å². The van der Waals surface area contributed by atoms with Gasteiger partial charge in [-0.15, -0.1) is 0 Å². The van der Waals surface area contributed by atoms with Gasteiger partial charge in [-0.25, -0.2) is 4.79 Å². The van der Waals surface area contributed by atoms with E-state index in [1.807, 2.05) is 0 Å². The molecule has 27 heavy (non-hydrogen) atoms. The van der Waals surface area contributed by atoms with E-state index in [1.54, 1.807) is 24.3 Å². The Kier molecular flexibility index (Phi) is 6.76. The monoisotopic (exact) mass is 372 g/mol. The van der Waals surface area contributed by atoms with Crippen LogP contribution in [0.15, 0.2) is 48.5 Å². The molecule has 0 saturated heterocycles. The number of aromatic hydroxyl groups is 1.